The van der Waals surface area contributed by atoms with Crippen LogP contribution in [0.15, 0.2) is 29.1 Å². The molecule has 0 saturated carbocycles. The molecular weight excluding hydrogens is 277 g/mol. The van der Waals surface area contributed by atoms with Crippen molar-refractivity contribution >= 4 is 52.1 Å². The Morgan fingerprint density at radius 2 is 2.08 bits per heavy atom. The fourth-order valence-electron chi connectivity index (χ4n) is 1.00. The van der Waals surface area contributed by atoms with Crippen molar-refractivity contribution in [3.8, 4) is 0 Å². The number of hydrogen-bond acceptors (Lipinski definition) is 2. The van der Waals surface area contributed by atoms with E-state index in [-0.39, 0.29) is 24.8 Å². The van der Waals surface area contributed by atoms with Crippen molar-refractivity contribution in [2.45, 2.75) is 0 Å². The fraction of sp³-hybridized carbons (Fsp3) is 0. The lowest BCUT2D eigenvalue weighted by molar-refractivity contribution is 1.16. The monoisotopic (exact) mass is 283 g/mol. The van der Waals surface area contributed by atoms with Gasteiger partial charge in [0.1, 0.15) is 4.60 Å². The lowest BCUT2D eigenvalue weighted by Crippen LogP contribution is -1.91. The summed E-state index contributed by atoms with van der Waals surface area (Å²) in [5, 5.41) is 0. The quantitative estimate of drug-likeness (QED) is 0.808. The Labute approximate surface area is 96.3 Å². The van der Waals surface area contributed by atoms with E-state index in [1.165, 1.54) is 0 Å². The summed E-state index contributed by atoms with van der Waals surface area (Å²) in [6, 6.07) is 3.71. The van der Waals surface area contributed by atoms with Crippen molar-refractivity contribution in [2.75, 3.05) is 5.73 Å². The van der Waals surface area contributed by atoms with Gasteiger partial charge in [-0.05, 0) is 28.1 Å². The van der Waals surface area contributed by atoms with Gasteiger partial charge in [0.25, 0.3) is 0 Å². The highest BCUT2D eigenvalue weighted by molar-refractivity contribution is 9.10. The van der Waals surface area contributed by atoms with Gasteiger partial charge in [-0.15, -0.1) is 24.8 Å². The molecule has 2 N–H and O–H groups in total. The molecule has 2 aromatic rings. The molecule has 0 aliphatic rings. The molecule has 0 atom stereocenters. The average Bonchev–Trinajstić information content (AvgIpc) is 2.35. The van der Waals surface area contributed by atoms with Crippen LogP contribution in [0.25, 0.3) is 5.65 Å². The van der Waals surface area contributed by atoms with Gasteiger partial charge in [-0.3, -0.25) is 4.40 Å². The molecule has 0 fully saturated rings. The van der Waals surface area contributed by atoms with Crippen molar-refractivity contribution in [1.82, 2.24) is 9.38 Å². The number of aromatic nitrogens is 2. The van der Waals surface area contributed by atoms with Crippen LogP contribution < -0.4 is 5.73 Å². The zero-order valence-corrected chi connectivity index (χ0v) is 9.69. The van der Waals surface area contributed by atoms with Gasteiger partial charge in [-0.2, -0.15) is 0 Å². The molecule has 0 unspecified atom stereocenters. The molecule has 0 amide bonds. The Bertz CT molecular complexity index is 402. The van der Waals surface area contributed by atoms with Gasteiger partial charge < -0.3 is 5.73 Å². The number of fused-ring (bicyclic) bond motifs is 1. The first kappa shape index (κ1) is 12.6. The van der Waals surface area contributed by atoms with Crippen LogP contribution in [0.1, 0.15) is 0 Å². The highest BCUT2D eigenvalue weighted by Crippen LogP contribution is 2.16. The number of anilines is 1. The van der Waals surface area contributed by atoms with Crippen molar-refractivity contribution in [3.05, 3.63) is 29.1 Å². The van der Waals surface area contributed by atoms with Crippen molar-refractivity contribution in [3.63, 3.8) is 0 Å². The third-order valence-corrected chi connectivity index (χ3v) is 2.11. The summed E-state index contributed by atoms with van der Waals surface area (Å²) in [6.07, 6.45) is 3.63. The number of pyridine rings is 1. The van der Waals surface area contributed by atoms with Crippen LogP contribution >= 0.6 is 40.7 Å². The lowest BCUT2D eigenvalue weighted by atomic mass is 10.4. The van der Waals surface area contributed by atoms with Crippen molar-refractivity contribution in [1.29, 1.82) is 0 Å². The van der Waals surface area contributed by atoms with Crippen LogP contribution in [-0.2, 0) is 0 Å². The summed E-state index contributed by atoms with van der Waals surface area (Å²) in [4.78, 5) is 4.11. The van der Waals surface area contributed by atoms with E-state index in [0.717, 1.165) is 10.3 Å². The van der Waals surface area contributed by atoms with Crippen LogP contribution in [-0.4, -0.2) is 9.38 Å². The Kier molecular flexibility index (Phi) is 4.53. The van der Waals surface area contributed by atoms with Gasteiger partial charge >= 0.3 is 0 Å². The molecule has 13 heavy (non-hydrogen) atoms. The number of nitrogens with zero attached hydrogens (tertiary/aromatic N) is 2. The van der Waals surface area contributed by atoms with E-state index in [1.54, 1.807) is 6.20 Å². The summed E-state index contributed by atoms with van der Waals surface area (Å²) in [7, 11) is 0. The maximum Gasteiger partial charge on any atom is 0.160 e. The first-order valence-electron chi connectivity index (χ1n) is 3.16. The van der Waals surface area contributed by atoms with Crippen LogP contribution in [0.4, 0.5) is 5.69 Å². The van der Waals surface area contributed by atoms with Gasteiger partial charge in [-0.1, -0.05) is 0 Å². The topological polar surface area (TPSA) is 43.3 Å². The predicted molar refractivity (Wildman–Crippen MR) is 61.8 cm³/mol. The maximum atomic E-state index is 5.67. The van der Waals surface area contributed by atoms with E-state index < -0.39 is 0 Å². The first-order chi connectivity index (χ1) is 5.29. The molecule has 2 rings (SSSR count). The molecule has 2 heterocycles. The Balaban J connectivity index is 0.000000720. The van der Waals surface area contributed by atoms with Crippen LogP contribution in [0.3, 0.4) is 0 Å². The second kappa shape index (κ2) is 4.69. The summed E-state index contributed by atoms with van der Waals surface area (Å²) < 4.78 is 2.80. The molecule has 0 saturated heterocycles. The summed E-state index contributed by atoms with van der Waals surface area (Å²) in [6.45, 7) is 0. The zero-order valence-electron chi connectivity index (χ0n) is 6.48. The van der Waals surface area contributed by atoms with E-state index in [1.807, 2.05) is 22.7 Å². The molecule has 0 aliphatic carbocycles. The number of halogens is 3. The molecule has 3 nitrogen and oxygen atoms in total. The predicted octanol–water partition coefficient (Wildman–Crippen LogP) is 2.52. The molecule has 0 bridgehead atoms. The smallest absolute Gasteiger partial charge is 0.160 e. The maximum absolute atomic E-state index is 5.67. The van der Waals surface area contributed by atoms with E-state index in [2.05, 4.69) is 20.9 Å². The molecule has 0 radical (unpaired) electrons. The Morgan fingerprint density at radius 3 is 2.69 bits per heavy atom. The minimum Gasteiger partial charge on any atom is -0.396 e. The SMILES string of the molecule is Cl.Cl.Nc1cccn2c(Br)cnc12. The minimum atomic E-state index is 0. The zero-order chi connectivity index (χ0) is 7.84. The summed E-state index contributed by atoms with van der Waals surface area (Å²) >= 11 is 3.35. The largest absolute Gasteiger partial charge is 0.396 e. The van der Waals surface area contributed by atoms with Crippen molar-refractivity contribution < 1.29 is 0 Å². The normalized spacial score (nSPS) is 9.00. The third-order valence-electron chi connectivity index (χ3n) is 1.52. The van der Waals surface area contributed by atoms with E-state index in [4.69, 9.17) is 5.73 Å². The molecule has 0 aromatic carbocycles. The third kappa shape index (κ3) is 2.07. The standard InChI is InChI=1S/C7H6BrN3.2ClH/c8-6-4-10-7-5(9)2-1-3-11(6)7;;/h1-4H,9H2;2*1H. The highest BCUT2D eigenvalue weighted by Gasteiger charge is 2.00. The summed E-state index contributed by atoms with van der Waals surface area (Å²) in [5.41, 5.74) is 7.15. The van der Waals surface area contributed by atoms with E-state index >= 15 is 0 Å². The number of imidazole rings is 1. The van der Waals surface area contributed by atoms with Gasteiger partial charge in [0.2, 0.25) is 0 Å². The average molecular weight is 285 g/mol. The van der Waals surface area contributed by atoms with Gasteiger partial charge in [-0.25, -0.2) is 4.98 Å². The van der Waals surface area contributed by atoms with Gasteiger partial charge in [0.15, 0.2) is 5.65 Å². The van der Waals surface area contributed by atoms with E-state index in [0.29, 0.717) is 5.69 Å². The molecule has 2 aromatic heterocycles. The molecule has 0 aliphatic heterocycles. The molecule has 6 heteroatoms. The van der Waals surface area contributed by atoms with Crippen LogP contribution in [0.2, 0.25) is 0 Å². The number of rotatable bonds is 0. The van der Waals surface area contributed by atoms with Crippen LogP contribution in [0.5, 0.6) is 0 Å². The van der Waals surface area contributed by atoms with E-state index in [9.17, 15) is 0 Å². The second-order valence-corrected chi connectivity index (χ2v) is 3.05. The molecule has 0 spiro atoms. The van der Waals surface area contributed by atoms with Crippen LogP contribution in [0, 0.1) is 0 Å². The number of nitrogen functional groups attached to an aromatic ring is 1. The highest BCUT2D eigenvalue weighted by atomic mass is 79.9. The minimum absolute atomic E-state index is 0. The number of nitrogens with two attached hydrogens (primary N) is 1. The van der Waals surface area contributed by atoms with Crippen molar-refractivity contribution in [2.24, 2.45) is 0 Å². The van der Waals surface area contributed by atoms with Gasteiger partial charge in [0.05, 0.1) is 11.9 Å². The summed E-state index contributed by atoms with van der Waals surface area (Å²) in [5.74, 6) is 0. The van der Waals surface area contributed by atoms with Gasteiger partial charge in [0, 0.05) is 6.20 Å². The molecular formula is C7H8BrCl2N3. The number of hydrogen-bond donors (Lipinski definition) is 1. The fourth-order valence-corrected chi connectivity index (χ4v) is 1.39. The Hall–Kier alpha value is -0.450. The Morgan fingerprint density at radius 1 is 1.38 bits per heavy atom. The molecule has 72 valence electrons. The first-order valence-corrected chi connectivity index (χ1v) is 3.95. The lowest BCUT2D eigenvalue weighted by Gasteiger charge is -1.96. The second-order valence-electron chi connectivity index (χ2n) is 2.24.